The lowest BCUT2D eigenvalue weighted by Gasteiger charge is -2.13. The number of Topliss-reactive ketones (excluding diaryl/α,β-unsaturated/α-hetero) is 1. The minimum atomic E-state index is -0.274. The molecule has 0 aliphatic carbocycles. The molecular weight excluding hydrogens is 250 g/mol. The molecule has 1 aliphatic heterocycles. The van der Waals surface area contributed by atoms with Gasteiger partial charge in [0.1, 0.15) is 5.78 Å². The van der Waals surface area contributed by atoms with E-state index in [9.17, 15) is 14.4 Å². The maximum atomic E-state index is 11.9. The lowest BCUT2D eigenvalue weighted by atomic mass is 10.1. The summed E-state index contributed by atoms with van der Waals surface area (Å²) in [6, 6.07) is 0. The molecule has 0 spiro atoms. The Morgan fingerprint density at radius 3 is 2.67 bits per heavy atom. The van der Waals surface area contributed by atoms with E-state index in [0.29, 0.717) is 25.1 Å². The molecular formula is C13H21NO3S. The van der Waals surface area contributed by atoms with Gasteiger partial charge >= 0.3 is 0 Å². The zero-order valence-corrected chi connectivity index (χ0v) is 12.1. The molecule has 1 heterocycles. The van der Waals surface area contributed by atoms with Crippen LogP contribution in [0, 0.1) is 5.92 Å². The van der Waals surface area contributed by atoms with E-state index in [1.54, 1.807) is 0 Å². The molecule has 0 saturated carbocycles. The second-order valence-electron chi connectivity index (χ2n) is 4.82. The predicted octanol–water partition coefficient (Wildman–Crippen LogP) is 1.87. The van der Waals surface area contributed by atoms with Gasteiger partial charge in [0.2, 0.25) is 11.8 Å². The van der Waals surface area contributed by atoms with Gasteiger partial charge in [-0.15, -0.1) is 11.8 Å². The molecule has 0 aromatic carbocycles. The van der Waals surface area contributed by atoms with Crippen LogP contribution in [0.4, 0.5) is 0 Å². The standard InChI is InChI=1S/C13H21NO3S/c1-4-6-14-12(16)8-11(13(14)17)18-7-5-10(15)9(2)3/h9,11H,4-8H2,1-3H3. The van der Waals surface area contributed by atoms with Gasteiger partial charge in [-0.1, -0.05) is 20.8 Å². The Morgan fingerprint density at radius 1 is 1.44 bits per heavy atom. The fourth-order valence-electron chi connectivity index (χ4n) is 1.83. The molecule has 2 amide bonds. The molecule has 1 fully saturated rings. The van der Waals surface area contributed by atoms with Crippen molar-refractivity contribution >= 4 is 29.4 Å². The van der Waals surface area contributed by atoms with Gasteiger partial charge in [0.15, 0.2) is 0 Å². The van der Waals surface area contributed by atoms with Crippen molar-refractivity contribution in [3.63, 3.8) is 0 Å². The fraction of sp³-hybridized carbons (Fsp3) is 0.769. The molecule has 102 valence electrons. The highest BCUT2D eigenvalue weighted by Gasteiger charge is 2.37. The number of carbonyl (C=O) groups excluding carboxylic acids is 3. The van der Waals surface area contributed by atoms with Gasteiger partial charge in [0.05, 0.1) is 5.25 Å². The van der Waals surface area contributed by atoms with E-state index in [1.807, 2.05) is 20.8 Å². The first-order chi connectivity index (χ1) is 8.47. The Balaban J connectivity index is 2.38. The summed E-state index contributed by atoms with van der Waals surface area (Å²) in [5.41, 5.74) is 0. The third-order valence-corrected chi connectivity index (χ3v) is 4.17. The molecule has 5 heteroatoms. The molecule has 1 rings (SSSR count). The minimum Gasteiger partial charge on any atom is -0.299 e. The van der Waals surface area contributed by atoms with Gasteiger partial charge in [0, 0.05) is 31.1 Å². The molecule has 1 saturated heterocycles. The van der Waals surface area contributed by atoms with Crippen molar-refractivity contribution in [1.82, 2.24) is 4.90 Å². The highest BCUT2D eigenvalue weighted by atomic mass is 32.2. The van der Waals surface area contributed by atoms with Crippen molar-refractivity contribution < 1.29 is 14.4 Å². The van der Waals surface area contributed by atoms with Crippen LogP contribution in [0.1, 0.15) is 40.0 Å². The molecule has 1 aliphatic rings. The Morgan fingerprint density at radius 2 is 2.11 bits per heavy atom. The number of carbonyl (C=O) groups is 3. The zero-order chi connectivity index (χ0) is 13.7. The lowest BCUT2D eigenvalue weighted by molar-refractivity contribution is -0.138. The van der Waals surface area contributed by atoms with Crippen molar-refractivity contribution in [3.05, 3.63) is 0 Å². The van der Waals surface area contributed by atoms with E-state index in [4.69, 9.17) is 0 Å². The first-order valence-corrected chi connectivity index (χ1v) is 7.50. The number of likely N-dealkylation sites (tertiary alicyclic amines) is 1. The van der Waals surface area contributed by atoms with E-state index < -0.39 is 0 Å². The quantitative estimate of drug-likeness (QED) is 0.663. The molecule has 1 unspecified atom stereocenters. The monoisotopic (exact) mass is 271 g/mol. The van der Waals surface area contributed by atoms with Gasteiger partial charge < -0.3 is 0 Å². The number of hydrogen-bond donors (Lipinski definition) is 0. The van der Waals surface area contributed by atoms with Crippen LogP contribution >= 0.6 is 11.8 Å². The van der Waals surface area contributed by atoms with Crippen molar-refractivity contribution in [3.8, 4) is 0 Å². The number of hydrogen-bond acceptors (Lipinski definition) is 4. The number of rotatable bonds is 7. The number of ketones is 1. The molecule has 0 aromatic rings. The first kappa shape index (κ1) is 15.2. The molecule has 18 heavy (non-hydrogen) atoms. The smallest absolute Gasteiger partial charge is 0.242 e. The van der Waals surface area contributed by atoms with Gasteiger partial charge in [-0.3, -0.25) is 19.3 Å². The van der Waals surface area contributed by atoms with Crippen molar-refractivity contribution in [2.75, 3.05) is 12.3 Å². The van der Waals surface area contributed by atoms with E-state index >= 15 is 0 Å². The van der Waals surface area contributed by atoms with Gasteiger partial charge in [-0.2, -0.15) is 0 Å². The molecule has 0 aromatic heterocycles. The largest absolute Gasteiger partial charge is 0.299 e. The number of amides is 2. The topological polar surface area (TPSA) is 54.5 Å². The third-order valence-electron chi connectivity index (χ3n) is 2.96. The first-order valence-electron chi connectivity index (χ1n) is 6.45. The van der Waals surface area contributed by atoms with E-state index in [0.717, 1.165) is 6.42 Å². The summed E-state index contributed by atoms with van der Waals surface area (Å²) in [5.74, 6) is 0.729. The van der Waals surface area contributed by atoms with Crippen LogP contribution in [0.2, 0.25) is 0 Å². The fourth-order valence-corrected chi connectivity index (χ4v) is 2.97. The maximum Gasteiger partial charge on any atom is 0.242 e. The summed E-state index contributed by atoms with van der Waals surface area (Å²) in [5, 5.41) is -0.274. The second kappa shape index (κ2) is 6.92. The SMILES string of the molecule is CCCN1C(=O)CC(SCCC(=O)C(C)C)C1=O. The van der Waals surface area contributed by atoms with Crippen LogP contribution in [-0.4, -0.2) is 40.0 Å². The van der Waals surface area contributed by atoms with Crippen molar-refractivity contribution in [2.45, 2.75) is 45.3 Å². The molecule has 4 nitrogen and oxygen atoms in total. The number of imide groups is 1. The van der Waals surface area contributed by atoms with Crippen LogP contribution in [0.15, 0.2) is 0 Å². The van der Waals surface area contributed by atoms with E-state index in [-0.39, 0.29) is 28.8 Å². The average molecular weight is 271 g/mol. The summed E-state index contributed by atoms with van der Waals surface area (Å²) in [4.78, 5) is 36.3. The van der Waals surface area contributed by atoms with Crippen LogP contribution in [-0.2, 0) is 14.4 Å². The predicted molar refractivity (Wildman–Crippen MR) is 72.3 cm³/mol. The van der Waals surface area contributed by atoms with E-state index in [1.165, 1.54) is 16.7 Å². The zero-order valence-electron chi connectivity index (χ0n) is 11.3. The maximum absolute atomic E-state index is 11.9. The number of nitrogens with zero attached hydrogens (tertiary/aromatic N) is 1. The van der Waals surface area contributed by atoms with Crippen LogP contribution in [0.5, 0.6) is 0 Å². The summed E-state index contributed by atoms with van der Waals surface area (Å²) in [7, 11) is 0. The lowest BCUT2D eigenvalue weighted by Crippen LogP contribution is -2.32. The van der Waals surface area contributed by atoms with Crippen LogP contribution in [0.25, 0.3) is 0 Å². The van der Waals surface area contributed by atoms with Gasteiger partial charge in [-0.05, 0) is 6.42 Å². The summed E-state index contributed by atoms with van der Waals surface area (Å²) in [6.45, 7) is 6.21. The van der Waals surface area contributed by atoms with Crippen molar-refractivity contribution in [2.24, 2.45) is 5.92 Å². The Kier molecular flexibility index (Phi) is 5.85. The highest BCUT2D eigenvalue weighted by Crippen LogP contribution is 2.26. The summed E-state index contributed by atoms with van der Waals surface area (Å²) >= 11 is 1.44. The summed E-state index contributed by atoms with van der Waals surface area (Å²) < 4.78 is 0. The van der Waals surface area contributed by atoms with Gasteiger partial charge in [-0.25, -0.2) is 0 Å². The molecule has 0 radical (unpaired) electrons. The molecule has 0 N–H and O–H groups in total. The Hall–Kier alpha value is -0.840. The van der Waals surface area contributed by atoms with Crippen LogP contribution < -0.4 is 0 Å². The van der Waals surface area contributed by atoms with Crippen LogP contribution in [0.3, 0.4) is 0 Å². The average Bonchev–Trinajstić information content (AvgIpc) is 2.57. The molecule has 0 bridgehead atoms. The number of thioether (sulfide) groups is 1. The summed E-state index contributed by atoms with van der Waals surface area (Å²) in [6.07, 6.45) is 1.56. The Bertz CT molecular complexity index is 341. The van der Waals surface area contributed by atoms with Crippen molar-refractivity contribution in [1.29, 1.82) is 0 Å². The normalized spacial score (nSPS) is 20.0. The molecule has 1 atom stereocenters. The highest BCUT2D eigenvalue weighted by molar-refractivity contribution is 8.00. The Labute approximate surface area is 112 Å². The van der Waals surface area contributed by atoms with Gasteiger partial charge in [0.25, 0.3) is 0 Å². The second-order valence-corrected chi connectivity index (χ2v) is 6.13. The van der Waals surface area contributed by atoms with E-state index in [2.05, 4.69) is 0 Å². The third kappa shape index (κ3) is 3.83. The minimum absolute atomic E-state index is 0.0445.